The van der Waals surface area contributed by atoms with Crippen molar-refractivity contribution >= 4 is 46.7 Å². The summed E-state index contributed by atoms with van der Waals surface area (Å²) in [6, 6.07) is 18.3. The minimum absolute atomic E-state index is 0.000180. The van der Waals surface area contributed by atoms with Crippen LogP contribution in [0.2, 0.25) is 5.02 Å². The van der Waals surface area contributed by atoms with Crippen LogP contribution >= 0.6 is 11.6 Å². The molecule has 3 aromatic rings. The Balaban J connectivity index is 1.12. The van der Waals surface area contributed by atoms with Crippen molar-refractivity contribution in [2.45, 2.75) is 24.9 Å². The maximum absolute atomic E-state index is 13.6. The predicted octanol–water partition coefficient (Wildman–Crippen LogP) is 6.08. The minimum atomic E-state index is -4.64. The molecule has 5 atom stereocenters. The Bertz CT molecular complexity index is 1590. The number of fused-ring (bicyclic) bond motifs is 5. The number of carbonyl (C=O) groups excluding carboxylic acids is 4. The zero-order chi connectivity index (χ0) is 29.8. The van der Waals surface area contributed by atoms with Crippen molar-refractivity contribution in [1.82, 2.24) is 0 Å². The van der Waals surface area contributed by atoms with Crippen molar-refractivity contribution in [2.24, 2.45) is 23.7 Å². The second-order valence-corrected chi connectivity index (χ2v) is 11.3. The van der Waals surface area contributed by atoms with Crippen LogP contribution in [0.5, 0.6) is 0 Å². The number of carbonyl (C=O) groups is 4. The highest BCUT2D eigenvalue weighted by Gasteiger charge is 2.64. The smallest absolute Gasteiger partial charge is 0.416 e. The maximum Gasteiger partial charge on any atom is 0.416 e. The molecule has 0 aromatic heterocycles. The first-order valence-corrected chi connectivity index (χ1v) is 13.8. The number of anilines is 2. The van der Waals surface area contributed by atoms with Gasteiger partial charge in [0, 0.05) is 0 Å². The molecule has 1 saturated heterocycles. The van der Waals surface area contributed by atoms with Crippen LogP contribution < -0.4 is 10.2 Å². The molecule has 2 aliphatic carbocycles. The molecule has 2 bridgehead atoms. The molecule has 42 heavy (non-hydrogen) atoms. The fraction of sp³-hybridized carbons (Fsp3) is 0.290. The van der Waals surface area contributed by atoms with Crippen LogP contribution in [0.25, 0.3) is 0 Å². The Kier molecular flexibility index (Phi) is 7.04. The summed E-state index contributed by atoms with van der Waals surface area (Å²) in [6.45, 7) is -0.800. The minimum Gasteiger partial charge on any atom is -0.452 e. The molecule has 1 aliphatic heterocycles. The van der Waals surface area contributed by atoms with Crippen LogP contribution in [0.4, 0.5) is 24.5 Å². The highest BCUT2D eigenvalue weighted by Crippen LogP contribution is 2.61. The molecule has 3 aromatic carbocycles. The molecule has 7 nitrogen and oxygen atoms in total. The molecule has 1 N–H and O–H groups in total. The number of hydrogen-bond acceptors (Lipinski definition) is 5. The van der Waals surface area contributed by atoms with Gasteiger partial charge in [-0.3, -0.25) is 19.3 Å². The fourth-order valence-corrected chi connectivity index (χ4v) is 6.93. The van der Waals surface area contributed by atoms with E-state index in [1.54, 1.807) is 6.07 Å². The number of esters is 1. The van der Waals surface area contributed by atoms with Crippen molar-refractivity contribution in [1.29, 1.82) is 0 Å². The normalized spacial score (nSPS) is 24.6. The highest BCUT2D eigenvalue weighted by atomic mass is 35.5. The lowest BCUT2D eigenvalue weighted by molar-refractivity contribution is -0.137. The van der Waals surface area contributed by atoms with Gasteiger partial charge in [0.2, 0.25) is 11.8 Å². The average molecular weight is 597 g/mol. The van der Waals surface area contributed by atoms with Gasteiger partial charge < -0.3 is 10.1 Å². The number of alkyl halides is 3. The summed E-state index contributed by atoms with van der Waals surface area (Å²) in [6.07, 6.45) is -2.95. The van der Waals surface area contributed by atoms with Gasteiger partial charge >= 0.3 is 12.1 Å². The van der Waals surface area contributed by atoms with E-state index in [2.05, 4.69) is 17.4 Å². The van der Waals surface area contributed by atoms with Gasteiger partial charge in [-0.1, -0.05) is 48.0 Å². The molecule has 216 valence electrons. The van der Waals surface area contributed by atoms with E-state index in [1.165, 1.54) is 23.8 Å². The highest BCUT2D eigenvalue weighted by molar-refractivity contribution is 6.33. The van der Waals surface area contributed by atoms with Crippen molar-refractivity contribution in [3.63, 3.8) is 0 Å². The van der Waals surface area contributed by atoms with Gasteiger partial charge in [-0.05, 0) is 72.6 Å². The van der Waals surface area contributed by atoms with E-state index in [9.17, 15) is 32.3 Å². The van der Waals surface area contributed by atoms with E-state index in [1.807, 2.05) is 18.2 Å². The third kappa shape index (κ3) is 4.93. The van der Waals surface area contributed by atoms with Gasteiger partial charge in [-0.25, -0.2) is 4.79 Å². The molecule has 3 aliphatic rings. The standard InChI is InChI=1S/C31H24ClF3N2O5/c32-23-10-9-19(31(33,34)35)14-24(23)36-25(38)15-42-30(41)17-7-4-8-20(11-17)37-28(39)26-18-12-21(16-5-2-1-3-6-16)22(13-18)27(26)29(37)40/h1-11,14,18,21-22,26-27H,12-13,15H2,(H,36,38)/t18-,21+,22+,26+,27-/m0/s1. The lowest BCUT2D eigenvalue weighted by Crippen LogP contribution is -2.33. The summed E-state index contributed by atoms with van der Waals surface area (Å²) >= 11 is 5.90. The van der Waals surface area contributed by atoms with E-state index in [0.717, 1.165) is 29.9 Å². The van der Waals surface area contributed by atoms with E-state index >= 15 is 0 Å². The second kappa shape index (κ2) is 10.6. The quantitative estimate of drug-likeness (QED) is 0.275. The number of hydrogen-bond donors (Lipinski definition) is 1. The monoisotopic (exact) mass is 596 g/mol. The van der Waals surface area contributed by atoms with Crippen LogP contribution in [0.1, 0.15) is 40.2 Å². The molecular formula is C31H24ClF3N2O5. The number of benzene rings is 3. The van der Waals surface area contributed by atoms with Crippen molar-refractivity contribution in [3.05, 3.63) is 94.5 Å². The number of halogens is 4. The fourth-order valence-electron chi connectivity index (χ4n) is 6.77. The molecule has 1 heterocycles. The molecule has 11 heteroatoms. The summed E-state index contributed by atoms with van der Waals surface area (Å²) in [5.74, 6) is -2.76. The molecule has 0 radical (unpaired) electrons. The summed E-state index contributed by atoms with van der Waals surface area (Å²) < 4.78 is 44.0. The largest absolute Gasteiger partial charge is 0.452 e. The first kappa shape index (κ1) is 28.0. The van der Waals surface area contributed by atoms with E-state index in [0.29, 0.717) is 6.07 Å². The number of amides is 3. The van der Waals surface area contributed by atoms with Crippen LogP contribution in [0.15, 0.2) is 72.8 Å². The number of nitrogens with zero attached hydrogens (tertiary/aromatic N) is 1. The van der Waals surface area contributed by atoms with Crippen LogP contribution in [0.3, 0.4) is 0 Å². The molecule has 6 rings (SSSR count). The van der Waals surface area contributed by atoms with Gasteiger partial charge in [0.25, 0.3) is 5.91 Å². The Morgan fingerprint density at radius 3 is 2.40 bits per heavy atom. The summed E-state index contributed by atoms with van der Waals surface area (Å²) in [4.78, 5) is 53.3. The second-order valence-electron chi connectivity index (χ2n) is 10.8. The third-order valence-electron chi connectivity index (χ3n) is 8.49. The van der Waals surface area contributed by atoms with E-state index in [4.69, 9.17) is 16.3 Å². The van der Waals surface area contributed by atoms with Crippen molar-refractivity contribution in [3.8, 4) is 0 Å². The number of ether oxygens (including phenoxy) is 1. The number of imide groups is 1. The maximum atomic E-state index is 13.6. The van der Waals surface area contributed by atoms with Crippen molar-refractivity contribution < 1.29 is 37.1 Å². The van der Waals surface area contributed by atoms with E-state index in [-0.39, 0.29) is 57.4 Å². The van der Waals surface area contributed by atoms with E-state index < -0.39 is 36.1 Å². The summed E-state index contributed by atoms with van der Waals surface area (Å²) in [5, 5.41) is 2.08. The summed E-state index contributed by atoms with van der Waals surface area (Å²) in [7, 11) is 0. The number of rotatable bonds is 6. The Hall–Kier alpha value is -4.18. The topological polar surface area (TPSA) is 92.8 Å². The van der Waals surface area contributed by atoms with Crippen LogP contribution in [-0.4, -0.2) is 30.3 Å². The first-order valence-electron chi connectivity index (χ1n) is 13.4. The Morgan fingerprint density at radius 2 is 1.67 bits per heavy atom. The van der Waals surface area contributed by atoms with Crippen molar-refractivity contribution in [2.75, 3.05) is 16.8 Å². The van der Waals surface area contributed by atoms with Crippen LogP contribution in [-0.2, 0) is 25.3 Å². The Morgan fingerprint density at radius 1 is 0.929 bits per heavy atom. The first-order chi connectivity index (χ1) is 20.0. The third-order valence-corrected chi connectivity index (χ3v) is 8.82. The van der Waals surface area contributed by atoms with Gasteiger partial charge in [-0.15, -0.1) is 0 Å². The van der Waals surface area contributed by atoms with Gasteiger partial charge in [0.15, 0.2) is 6.61 Å². The lowest BCUT2D eigenvalue weighted by atomic mass is 9.73. The Labute approximate surface area is 243 Å². The summed E-state index contributed by atoms with van der Waals surface area (Å²) in [5.41, 5.74) is 0.125. The molecular weight excluding hydrogens is 573 g/mol. The zero-order valence-electron chi connectivity index (χ0n) is 21.9. The molecule has 0 unspecified atom stereocenters. The molecule has 3 fully saturated rings. The molecule has 3 amide bonds. The van der Waals surface area contributed by atoms with Gasteiger partial charge in [-0.2, -0.15) is 13.2 Å². The predicted molar refractivity (Wildman–Crippen MR) is 147 cm³/mol. The van der Waals surface area contributed by atoms with Gasteiger partial charge in [0.05, 0.1) is 39.4 Å². The molecule has 0 spiro atoms. The van der Waals surface area contributed by atoms with Gasteiger partial charge in [0.1, 0.15) is 0 Å². The lowest BCUT2D eigenvalue weighted by Gasteiger charge is -2.28. The average Bonchev–Trinajstić information content (AvgIpc) is 3.64. The SMILES string of the molecule is O=C(COC(=O)c1cccc(N2C(=O)[C@@H]3[C@@H]4C[C@@H]([C@@H]3C2=O)[C@@H](c2ccccc2)C4)c1)Nc1cc(C(F)(F)F)ccc1Cl. The number of nitrogens with one attached hydrogen (secondary N) is 1. The zero-order valence-corrected chi connectivity index (χ0v) is 22.7. The van der Waals surface area contributed by atoms with Crippen LogP contribution in [0, 0.1) is 23.7 Å². The molecule has 2 saturated carbocycles.